The molecule has 0 saturated heterocycles. The van der Waals surface area contributed by atoms with Gasteiger partial charge in [-0.2, -0.15) is 0 Å². The SMILES string of the molecule is O=C(COc1ccc(Cl)c(F)c1)CC12CC(C(=O)CCc3cccc(Cl)c3)(C1)C2. The Bertz CT molecular complexity index is 953. The largest absolute Gasteiger partial charge is 0.486 e. The van der Waals surface area contributed by atoms with E-state index in [0.717, 1.165) is 24.8 Å². The first kappa shape index (κ1) is 20.4. The Hall–Kier alpha value is -1.91. The van der Waals surface area contributed by atoms with Crippen LogP contribution in [0.3, 0.4) is 0 Å². The Labute approximate surface area is 179 Å². The summed E-state index contributed by atoms with van der Waals surface area (Å²) in [5.41, 5.74) is 0.800. The number of carbonyl (C=O) groups is 2. The third-order valence-corrected chi connectivity index (χ3v) is 6.67. The van der Waals surface area contributed by atoms with Crippen molar-refractivity contribution in [3.8, 4) is 5.75 Å². The number of benzene rings is 2. The molecule has 3 aliphatic rings. The molecule has 3 nitrogen and oxygen atoms in total. The van der Waals surface area contributed by atoms with Crippen molar-refractivity contribution in [2.45, 2.75) is 38.5 Å². The van der Waals surface area contributed by atoms with Crippen LogP contribution in [-0.4, -0.2) is 18.2 Å². The maximum absolute atomic E-state index is 13.4. The van der Waals surface area contributed by atoms with Gasteiger partial charge in [-0.05, 0) is 60.9 Å². The highest BCUT2D eigenvalue weighted by Gasteiger charge is 2.70. The van der Waals surface area contributed by atoms with Crippen molar-refractivity contribution >= 4 is 34.8 Å². The van der Waals surface area contributed by atoms with Crippen LogP contribution in [0.1, 0.15) is 37.7 Å². The Morgan fingerprint density at radius 3 is 2.52 bits per heavy atom. The summed E-state index contributed by atoms with van der Waals surface area (Å²) in [6, 6.07) is 11.7. The van der Waals surface area contributed by atoms with Gasteiger partial charge in [0.25, 0.3) is 0 Å². The van der Waals surface area contributed by atoms with Crippen molar-refractivity contribution in [1.82, 2.24) is 0 Å². The molecule has 0 N–H and O–H groups in total. The predicted molar refractivity (Wildman–Crippen MR) is 110 cm³/mol. The lowest BCUT2D eigenvalue weighted by molar-refractivity contribution is -0.208. The van der Waals surface area contributed by atoms with Crippen molar-refractivity contribution in [1.29, 1.82) is 0 Å². The standard InChI is InChI=1S/C23H21Cl2FO3/c24-16-3-1-2-15(8-16)4-7-21(28)23-12-22(13-23,14-23)10-17(27)11-29-18-5-6-19(25)20(26)9-18/h1-3,5-6,8-9H,4,7,10-14H2. The summed E-state index contributed by atoms with van der Waals surface area (Å²) in [7, 11) is 0. The molecule has 2 bridgehead atoms. The number of carbonyl (C=O) groups excluding carboxylic acids is 2. The smallest absolute Gasteiger partial charge is 0.170 e. The summed E-state index contributed by atoms with van der Waals surface area (Å²) in [5, 5.41) is 0.698. The fourth-order valence-corrected chi connectivity index (χ4v) is 5.23. The summed E-state index contributed by atoms with van der Waals surface area (Å²) in [6.07, 6.45) is 3.97. The lowest BCUT2D eigenvalue weighted by Crippen LogP contribution is -2.65. The number of hydrogen-bond acceptors (Lipinski definition) is 3. The number of ether oxygens (including phenoxy) is 1. The average Bonchev–Trinajstić information content (AvgIpc) is 2.62. The lowest BCUT2D eigenvalue weighted by atomic mass is 9.33. The lowest BCUT2D eigenvalue weighted by Gasteiger charge is -2.70. The van der Waals surface area contributed by atoms with Gasteiger partial charge in [-0.25, -0.2) is 4.39 Å². The molecule has 0 unspecified atom stereocenters. The number of ketones is 2. The van der Waals surface area contributed by atoms with E-state index >= 15 is 0 Å². The van der Waals surface area contributed by atoms with Crippen LogP contribution in [0.5, 0.6) is 5.75 Å². The molecule has 3 saturated carbocycles. The van der Waals surface area contributed by atoms with E-state index in [1.165, 1.54) is 18.2 Å². The Balaban J connectivity index is 1.21. The highest BCUT2D eigenvalue weighted by molar-refractivity contribution is 6.31. The fourth-order valence-electron chi connectivity index (χ4n) is 4.90. The van der Waals surface area contributed by atoms with Crippen LogP contribution in [-0.2, 0) is 16.0 Å². The molecule has 0 heterocycles. The Morgan fingerprint density at radius 2 is 1.83 bits per heavy atom. The zero-order valence-corrected chi connectivity index (χ0v) is 17.4. The van der Waals surface area contributed by atoms with E-state index in [0.29, 0.717) is 30.1 Å². The van der Waals surface area contributed by atoms with E-state index in [1.54, 1.807) is 0 Å². The molecule has 0 spiro atoms. The van der Waals surface area contributed by atoms with E-state index in [4.69, 9.17) is 27.9 Å². The van der Waals surface area contributed by atoms with Crippen LogP contribution in [0.25, 0.3) is 0 Å². The molecule has 0 aliphatic heterocycles. The van der Waals surface area contributed by atoms with Gasteiger partial charge < -0.3 is 4.74 Å². The molecule has 152 valence electrons. The van der Waals surface area contributed by atoms with E-state index < -0.39 is 5.82 Å². The third-order valence-electron chi connectivity index (χ3n) is 6.12. The van der Waals surface area contributed by atoms with Crippen LogP contribution in [0.4, 0.5) is 4.39 Å². The zero-order valence-electron chi connectivity index (χ0n) is 15.8. The predicted octanol–water partition coefficient (Wildman–Crippen LogP) is 5.84. The molecular weight excluding hydrogens is 414 g/mol. The number of rotatable bonds is 9. The first-order valence-electron chi connectivity index (χ1n) is 9.67. The van der Waals surface area contributed by atoms with Crippen molar-refractivity contribution in [3.05, 3.63) is 63.9 Å². The van der Waals surface area contributed by atoms with E-state index in [2.05, 4.69) is 0 Å². The second-order valence-corrected chi connectivity index (χ2v) is 9.29. The molecule has 2 aromatic carbocycles. The maximum Gasteiger partial charge on any atom is 0.170 e. The molecule has 0 radical (unpaired) electrons. The molecular formula is C23H21Cl2FO3. The number of Topliss-reactive ketones (excluding diaryl/α,β-unsaturated/α-hetero) is 2. The molecule has 29 heavy (non-hydrogen) atoms. The second-order valence-electron chi connectivity index (χ2n) is 8.44. The first-order chi connectivity index (χ1) is 13.8. The second kappa shape index (κ2) is 7.73. The molecule has 0 atom stereocenters. The van der Waals surface area contributed by atoms with Crippen LogP contribution in [0, 0.1) is 16.6 Å². The highest BCUT2D eigenvalue weighted by atomic mass is 35.5. The van der Waals surface area contributed by atoms with Crippen LogP contribution >= 0.6 is 23.2 Å². The monoisotopic (exact) mass is 434 g/mol. The fraction of sp³-hybridized carbons (Fsp3) is 0.391. The molecule has 0 amide bonds. The first-order valence-corrected chi connectivity index (χ1v) is 10.4. The number of halogens is 3. The topological polar surface area (TPSA) is 43.4 Å². The minimum absolute atomic E-state index is 0.0165. The van der Waals surface area contributed by atoms with Crippen LogP contribution < -0.4 is 4.74 Å². The van der Waals surface area contributed by atoms with Gasteiger partial charge in [-0.15, -0.1) is 0 Å². The van der Waals surface area contributed by atoms with Gasteiger partial charge in [-0.1, -0.05) is 35.3 Å². The van der Waals surface area contributed by atoms with Gasteiger partial charge in [0.1, 0.15) is 24.0 Å². The van der Waals surface area contributed by atoms with Crippen molar-refractivity contribution in [2.24, 2.45) is 10.8 Å². The summed E-state index contributed by atoms with van der Waals surface area (Å²) in [5.74, 6) is -0.0282. The normalized spacial score (nSPS) is 24.4. The molecule has 3 fully saturated rings. The average molecular weight is 435 g/mol. The molecule has 2 aromatic rings. The maximum atomic E-state index is 13.4. The van der Waals surface area contributed by atoms with Gasteiger partial charge >= 0.3 is 0 Å². The summed E-state index contributed by atoms with van der Waals surface area (Å²) in [6.45, 7) is -0.0987. The Morgan fingerprint density at radius 1 is 1.07 bits per heavy atom. The number of aryl methyl sites for hydroxylation is 1. The van der Waals surface area contributed by atoms with E-state index in [-0.39, 0.29) is 34.0 Å². The zero-order chi connectivity index (χ0) is 20.6. The molecule has 3 aliphatic carbocycles. The Kier molecular flexibility index (Phi) is 5.43. The number of hydrogen-bond donors (Lipinski definition) is 0. The van der Waals surface area contributed by atoms with Crippen molar-refractivity contribution < 1.29 is 18.7 Å². The van der Waals surface area contributed by atoms with Gasteiger partial charge in [-0.3, -0.25) is 9.59 Å². The minimum atomic E-state index is -0.575. The van der Waals surface area contributed by atoms with Crippen LogP contribution in [0.2, 0.25) is 10.0 Å². The van der Waals surface area contributed by atoms with Gasteiger partial charge in [0.15, 0.2) is 5.78 Å². The van der Waals surface area contributed by atoms with Gasteiger partial charge in [0.2, 0.25) is 0 Å². The highest BCUT2D eigenvalue weighted by Crippen LogP contribution is 2.75. The van der Waals surface area contributed by atoms with Gasteiger partial charge in [0.05, 0.1) is 5.02 Å². The van der Waals surface area contributed by atoms with Crippen LogP contribution in [0.15, 0.2) is 42.5 Å². The quantitative estimate of drug-likeness (QED) is 0.497. The minimum Gasteiger partial charge on any atom is -0.486 e. The van der Waals surface area contributed by atoms with Gasteiger partial charge in [0, 0.05) is 29.3 Å². The van der Waals surface area contributed by atoms with Crippen molar-refractivity contribution in [3.63, 3.8) is 0 Å². The molecule has 0 aromatic heterocycles. The van der Waals surface area contributed by atoms with E-state index in [9.17, 15) is 14.0 Å². The van der Waals surface area contributed by atoms with E-state index in [1.807, 2.05) is 24.3 Å². The summed E-state index contributed by atoms with van der Waals surface area (Å²) < 4.78 is 18.8. The summed E-state index contributed by atoms with van der Waals surface area (Å²) >= 11 is 11.6. The molecule has 5 rings (SSSR count). The summed E-state index contributed by atoms with van der Waals surface area (Å²) in [4.78, 5) is 24.9. The van der Waals surface area contributed by atoms with Crippen molar-refractivity contribution in [2.75, 3.05) is 6.61 Å². The third kappa shape index (κ3) is 4.19. The molecule has 6 heteroatoms.